The van der Waals surface area contributed by atoms with Gasteiger partial charge in [-0.25, -0.2) is 0 Å². The number of thioether (sulfide) groups is 1. The summed E-state index contributed by atoms with van der Waals surface area (Å²) in [4.78, 5) is 34.6. The van der Waals surface area contributed by atoms with Crippen molar-refractivity contribution in [2.45, 2.75) is 58.5 Å². The van der Waals surface area contributed by atoms with Crippen LogP contribution in [0.3, 0.4) is 0 Å². The number of aliphatic carboxylic acids is 1. The predicted molar refractivity (Wildman–Crippen MR) is 95.0 cm³/mol. The van der Waals surface area contributed by atoms with Gasteiger partial charge >= 0.3 is 11.9 Å². The largest absolute Gasteiger partial charge is 0.481 e. The third-order valence-electron chi connectivity index (χ3n) is 4.46. The van der Waals surface area contributed by atoms with Gasteiger partial charge in [0.05, 0.1) is 6.42 Å². The fourth-order valence-electron chi connectivity index (χ4n) is 3.35. The highest BCUT2D eigenvalue weighted by Crippen LogP contribution is 2.41. The van der Waals surface area contributed by atoms with Crippen molar-refractivity contribution in [2.75, 3.05) is 11.5 Å². The summed E-state index contributed by atoms with van der Waals surface area (Å²) >= 11 is 1.85. The maximum atomic E-state index is 11.7. The first-order valence-electron chi connectivity index (χ1n) is 8.54. The van der Waals surface area contributed by atoms with Crippen LogP contribution in [0.4, 0.5) is 0 Å². The lowest BCUT2D eigenvalue weighted by Crippen LogP contribution is -2.43. The Kier molecular flexibility index (Phi) is 8.53. The molecule has 3 atom stereocenters. The molecule has 0 aliphatic heterocycles. The monoisotopic (exact) mass is 356 g/mol. The summed E-state index contributed by atoms with van der Waals surface area (Å²) in [6.07, 6.45) is 4.75. The summed E-state index contributed by atoms with van der Waals surface area (Å²) in [5.41, 5.74) is -0.415. The van der Waals surface area contributed by atoms with Crippen molar-refractivity contribution in [3.05, 3.63) is 11.6 Å². The van der Waals surface area contributed by atoms with Crippen LogP contribution in [0.1, 0.15) is 52.9 Å². The van der Waals surface area contributed by atoms with E-state index in [4.69, 9.17) is 4.74 Å². The summed E-state index contributed by atoms with van der Waals surface area (Å²) in [5, 5.41) is 9.20. The van der Waals surface area contributed by atoms with Crippen molar-refractivity contribution >= 4 is 30.0 Å². The maximum Gasteiger partial charge on any atom is 0.306 e. The molecule has 1 rings (SSSR count). The van der Waals surface area contributed by atoms with Crippen LogP contribution in [0.5, 0.6) is 0 Å². The van der Waals surface area contributed by atoms with Gasteiger partial charge in [-0.1, -0.05) is 19.4 Å². The first-order chi connectivity index (χ1) is 11.4. The lowest BCUT2D eigenvalue weighted by Gasteiger charge is -2.39. The van der Waals surface area contributed by atoms with Gasteiger partial charge in [0.1, 0.15) is 0 Å². The number of hydrogen-bond acceptors (Lipinski definition) is 5. The van der Waals surface area contributed by atoms with Crippen LogP contribution in [0.15, 0.2) is 11.6 Å². The van der Waals surface area contributed by atoms with E-state index in [1.807, 2.05) is 18.7 Å². The molecular weight excluding hydrogens is 328 g/mol. The molecule has 0 bridgehead atoms. The number of carbonyl (C=O) groups excluding carboxylic acids is 2. The smallest absolute Gasteiger partial charge is 0.306 e. The van der Waals surface area contributed by atoms with Crippen LogP contribution < -0.4 is 0 Å². The second-order valence-electron chi connectivity index (χ2n) is 6.30. The number of allylic oxidation sites excluding steroid dienone is 1. The van der Waals surface area contributed by atoms with E-state index in [1.165, 1.54) is 0 Å². The highest BCUT2D eigenvalue weighted by atomic mass is 32.2. The number of carbonyl (C=O) groups is 3. The van der Waals surface area contributed by atoms with Crippen molar-refractivity contribution in [1.82, 2.24) is 0 Å². The minimum absolute atomic E-state index is 0.0263. The summed E-state index contributed by atoms with van der Waals surface area (Å²) < 4.78 is 5.42. The number of hydrogen-bond donors (Lipinski definition) is 1. The van der Waals surface area contributed by atoms with Crippen LogP contribution in [-0.4, -0.2) is 40.4 Å². The summed E-state index contributed by atoms with van der Waals surface area (Å²) in [5.74, 6) is 0.723. The molecule has 136 valence electrons. The molecule has 0 aromatic rings. The quantitative estimate of drug-likeness (QED) is 0.279. The van der Waals surface area contributed by atoms with E-state index in [9.17, 15) is 19.5 Å². The predicted octanol–water partition coefficient (Wildman–Crippen LogP) is 3.47. The summed E-state index contributed by atoms with van der Waals surface area (Å²) in [6, 6.07) is 0. The molecule has 1 aliphatic rings. The van der Waals surface area contributed by atoms with Crippen molar-refractivity contribution in [2.24, 2.45) is 11.8 Å². The van der Waals surface area contributed by atoms with Crippen molar-refractivity contribution < 1.29 is 24.2 Å². The Morgan fingerprint density at radius 2 is 2.17 bits per heavy atom. The van der Waals surface area contributed by atoms with E-state index in [0.29, 0.717) is 12.7 Å². The molecular formula is C18H28O5S. The lowest BCUT2D eigenvalue weighted by molar-refractivity contribution is -0.160. The third-order valence-corrected chi connectivity index (χ3v) is 5.45. The highest BCUT2D eigenvalue weighted by Gasteiger charge is 2.42. The zero-order valence-corrected chi connectivity index (χ0v) is 15.6. The molecule has 0 saturated heterocycles. The normalized spacial score (nSPS) is 26.5. The number of carboxylic acid groups (broad SMARTS) is 1. The highest BCUT2D eigenvalue weighted by molar-refractivity contribution is 7.99. The zero-order valence-electron chi connectivity index (χ0n) is 14.7. The van der Waals surface area contributed by atoms with Gasteiger partial charge in [0.2, 0.25) is 0 Å². The van der Waals surface area contributed by atoms with Crippen LogP contribution in [0, 0.1) is 11.8 Å². The van der Waals surface area contributed by atoms with Gasteiger partial charge in [0.15, 0.2) is 11.9 Å². The molecule has 1 N–H and O–H groups in total. The van der Waals surface area contributed by atoms with Crippen molar-refractivity contribution in [3.63, 3.8) is 0 Å². The zero-order chi connectivity index (χ0) is 18.2. The third kappa shape index (κ3) is 5.96. The van der Waals surface area contributed by atoms with Gasteiger partial charge in [-0.05, 0) is 49.2 Å². The minimum Gasteiger partial charge on any atom is -0.481 e. The van der Waals surface area contributed by atoms with Crippen LogP contribution in [-0.2, 0) is 19.1 Å². The Labute approximate surface area is 148 Å². The number of esters is 1. The standard InChI is InChI=1S/C18H28O5S/c1-4-17(22)23-18(12-19)10-13(3)15(9-16(20)21)14(11-18)7-6-8-24-5-2/h10,12,14-15H,4-9,11H2,1-3H3,(H,20,21). The Hall–Kier alpha value is -1.30. The van der Waals surface area contributed by atoms with E-state index in [-0.39, 0.29) is 24.7 Å². The average molecular weight is 356 g/mol. The number of ether oxygens (including phenoxy) is 1. The number of rotatable bonds is 10. The number of carboxylic acids is 1. The molecule has 1 aliphatic carbocycles. The molecule has 0 radical (unpaired) electrons. The van der Waals surface area contributed by atoms with Crippen LogP contribution in [0.2, 0.25) is 0 Å². The molecule has 3 unspecified atom stereocenters. The van der Waals surface area contributed by atoms with Gasteiger partial charge in [-0.2, -0.15) is 11.8 Å². The van der Waals surface area contributed by atoms with Crippen molar-refractivity contribution in [3.8, 4) is 0 Å². The Morgan fingerprint density at radius 1 is 1.46 bits per heavy atom. The molecule has 0 saturated carbocycles. The Bertz CT molecular complexity index is 488. The van der Waals surface area contributed by atoms with E-state index >= 15 is 0 Å². The van der Waals surface area contributed by atoms with Crippen LogP contribution in [0.25, 0.3) is 0 Å². The molecule has 6 heteroatoms. The maximum absolute atomic E-state index is 11.7. The van der Waals surface area contributed by atoms with Gasteiger partial charge in [-0.15, -0.1) is 0 Å². The van der Waals surface area contributed by atoms with Gasteiger partial charge < -0.3 is 9.84 Å². The second kappa shape index (κ2) is 9.87. The van der Waals surface area contributed by atoms with E-state index < -0.39 is 17.5 Å². The molecule has 0 heterocycles. The van der Waals surface area contributed by atoms with E-state index in [1.54, 1.807) is 13.0 Å². The molecule has 0 aromatic heterocycles. The molecule has 5 nitrogen and oxygen atoms in total. The van der Waals surface area contributed by atoms with Gasteiger partial charge in [0, 0.05) is 12.8 Å². The SMILES string of the molecule is CCSCCCC1CC(C=O)(OC(=O)CC)C=C(C)C1CC(=O)O. The van der Waals surface area contributed by atoms with E-state index in [2.05, 4.69) is 6.92 Å². The van der Waals surface area contributed by atoms with Crippen molar-refractivity contribution in [1.29, 1.82) is 0 Å². The van der Waals surface area contributed by atoms with Gasteiger partial charge in [0.25, 0.3) is 0 Å². The first kappa shape index (κ1) is 20.7. The number of aldehydes is 1. The second-order valence-corrected chi connectivity index (χ2v) is 7.69. The first-order valence-corrected chi connectivity index (χ1v) is 9.70. The lowest BCUT2D eigenvalue weighted by atomic mass is 9.70. The minimum atomic E-state index is -1.24. The molecule has 24 heavy (non-hydrogen) atoms. The summed E-state index contributed by atoms with van der Waals surface area (Å²) in [7, 11) is 0. The van der Waals surface area contributed by atoms with Crippen LogP contribution >= 0.6 is 11.8 Å². The Morgan fingerprint density at radius 3 is 2.71 bits per heavy atom. The topological polar surface area (TPSA) is 80.7 Å². The van der Waals surface area contributed by atoms with E-state index in [0.717, 1.165) is 29.9 Å². The molecule has 0 spiro atoms. The van der Waals surface area contributed by atoms with Gasteiger partial charge in [-0.3, -0.25) is 14.4 Å². The fraction of sp³-hybridized carbons (Fsp3) is 0.722. The molecule has 0 fully saturated rings. The Balaban J connectivity index is 2.98. The summed E-state index contributed by atoms with van der Waals surface area (Å²) in [6.45, 7) is 5.62. The average Bonchev–Trinajstić information content (AvgIpc) is 2.54. The molecule has 0 aromatic carbocycles. The molecule has 0 amide bonds. The fourth-order valence-corrected chi connectivity index (χ4v) is 4.01.